The number of amides is 1. The predicted octanol–water partition coefficient (Wildman–Crippen LogP) is -0.0414. The predicted molar refractivity (Wildman–Crippen MR) is 71.1 cm³/mol. The van der Waals surface area contributed by atoms with E-state index in [-0.39, 0.29) is 28.8 Å². The number of halogens is 1. The monoisotopic (exact) mass is 326 g/mol. The molecule has 5 nitrogen and oxygen atoms in total. The van der Waals surface area contributed by atoms with Crippen LogP contribution in [-0.2, 0) is 14.6 Å². The van der Waals surface area contributed by atoms with E-state index in [1.807, 2.05) is 19.0 Å². The van der Waals surface area contributed by atoms with Crippen LogP contribution < -0.4 is 0 Å². The van der Waals surface area contributed by atoms with E-state index < -0.39 is 9.84 Å². The van der Waals surface area contributed by atoms with Gasteiger partial charge in [0, 0.05) is 19.1 Å². The fourth-order valence-corrected chi connectivity index (χ4v) is 3.97. The van der Waals surface area contributed by atoms with Gasteiger partial charge in [0.15, 0.2) is 9.84 Å². The molecule has 1 heterocycles. The zero-order chi connectivity index (χ0) is 13.1. The second-order valence-electron chi connectivity index (χ2n) is 4.58. The summed E-state index contributed by atoms with van der Waals surface area (Å²) in [5.41, 5.74) is 0. The van der Waals surface area contributed by atoms with E-state index in [0.717, 1.165) is 6.54 Å². The highest BCUT2D eigenvalue weighted by Gasteiger charge is 2.33. The number of sulfone groups is 1. The molecule has 1 saturated heterocycles. The standard InChI is InChI=1S/C10H19BrN2O3S/c1-12(2)4-5-13(10(14)7-11)9-3-6-17(15,16)8-9/h9H,3-8H2,1-2H3. The van der Waals surface area contributed by atoms with Gasteiger partial charge in [-0.15, -0.1) is 0 Å². The molecule has 1 amide bonds. The van der Waals surface area contributed by atoms with Gasteiger partial charge in [0.25, 0.3) is 0 Å². The van der Waals surface area contributed by atoms with Gasteiger partial charge in [0.1, 0.15) is 0 Å². The quantitative estimate of drug-likeness (QED) is 0.665. The van der Waals surface area contributed by atoms with E-state index in [4.69, 9.17) is 0 Å². The molecule has 0 aromatic carbocycles. The Labute approximate surface area is 111 Å². The second-order valence-corrected chi connectivity index (χ2v) is 7.37. The molecule has 0 radical (unpaired) electrons. The molecule has 17 heavy (non-hydrogen) atoms. The topological polar surface area (TPSA) is 57.7 Å². The maximum absolute atomic E-state index is 11.8. The fourth-order valence-electron chi connectivity index (χ4n) is 1.92. The van der Waals surface area contributed by atoms with Crippen molar-refractivity contribution in [2.75, 3.05) is 44.0 Å². The normalized spacial score (nSPS) is 22.9. The van der Waals surface area contributed by atoms with Gasteiger partial charge in [-0.05, 0) is 20.5 Å². The number of hydrogen-bond acceptors (Lipinski definition) is 4. The maximum atomic E-state index is 11.8. The zero-order valence-corrected chi connectivity index (χ0v) is 12.6. The van der Waals surface area contributed by atoms with Crippen molar-refractivity contribution in [3.05, 3.63) is 0 Å². The third kappa shape index (κ3) is 4.56. The first kappa shape index (κ1) is 14.9. The van der Waals surface area contributed by atoms with Crippen LogP contribution in [0.25, 0.3) is 0 Å². The van der Waals surface area contributed by atoms with Gasteiger partial charge in [-0.3, -0.25) is 4.79 Å². The first-order valence-electron chi connectivity index (χ1n) is 5.56. The van der Waals surface area contributed by atoms with E-state index in [9.17, 15) is 13.2 Å². The summed E-state index contributed by atoms with van der Waals surface area (Å²) < 4.78 is 22.9. The number of alkyl halides is 1. The van der Waals surface area contributed by atoms with Crippen molar-refractivity contribution in [1.29, 1.82) is 0 Å². The molecule has 1 atom stereocenters. The first-order chi connectivity index (χ1) is 7.85. The fraction of sp³-hybridized carbons (Fsp3) is 0.900. The van der Waals surface area contributed by atoms with Crippen LogP contribution in [0.4, 0.5) is 0 Å². The van der Waals surface area contributed by atoms with E-state index in [1.54, 1.807) is 4.90 Å². The van der Waals surface area contributed by atoms with E-state index in [1.165, 1.54) is 0 Å². The average Bonchev–Trinajstić information content (AvgIpc) is 2.58. The Hall–Kier alpha value is -0.140. The molecule has 1 rings (SSSR count). The Morgan fingerprint density at radius 2 is 2.00 bits per heavy atom. The highest BCUT2D eigenvalue weighted by atomic mass is 79.9. The molecule has 1 aliphatic heterocycles. The Balaban J connectivity index is 2.67. The molecular weight excluding hydrogens is 308 g/mol. The molecule has 0 N–H and O–H groups in total. The molecule has 1 fully saturated rings. The van der Waals surface area contributed by atoms with Crippen molar-refractivity contribution < 1.29 is 13.2 Å². The summed E-state index contributed by atoms with van der Waals surface area (Å²) in [6.45, 7) is 1.33. The van der Waals surface area contributed by atoms with Crippen molar-refractivity contribution in [2.24, 2.45) is 0 Å². The Morgan fingerprint density at radius 3 is 2.41 bits per heavy atom. The molecule has 0 saturated carbocycles. The first-order valence-corrected chi connectivity index (χ1v) is 8.50. The summed E-state index contributed by atoms with van der Waals surface area (Å²) in [5.74, 6) is 0.277. The van der Waals surface area contributed by atoms with E-state index in [0.29, 0.717) is 13.0 Å². The summed E-state index contributed by atoms with van der Waals surface area (Å²) in [7, 11) is 0.922. The number of carbonyl (C=O) groups excluding carboxylic acids is 1. The largest absolute Gasteiger partial charge is 0.337 e. The van der Waals surface area contributed by atoms with Crippen LogP contribution in [0.3, 0.4) is 0 Å². The average molecular weight is 327 g/mol. The van der Waals surface area contributed by atoms with Crippen molar-refractivity contribution in [3.8, 4) is 0 Å². The van der Waals surface area contributed by atoms with Crippen molar-refractivity contribution in [2.45, 2.75) is 12.5 Å². The second kappa shape index (κ2) is 6.15. The lowest BCUT2D eigenvalue weighted by Crippen LogP contribution is -2.45. The number of rotatable bonds is 5. The Kier molecular flexibility index (Phi) is 5.40. The third-order valence-corrected chi connectivity index (χ3v) is 5.10. The molecule has 0 spiro atoms. The van der Waals surface area contributed by atoms with Crippen LogP contribution in [0.15, 0.2) is 0 Å². The minimum atomic E-state index is -2.94. The van der Waals surface area contributed by atoms with Gasteiger partial charge in [-0.2, -0.15) is 0 Å². The summed E-state index contributed by atoms with van der Waals surface area (Å²) in [6.07, 6.45) is 0.564. The van der Waals surface area contributed by atoms with Crippen molar-refractivity contribution in [1.82, 2.24) is 9.80 Å². The van der Waals surface area contributed by atoms with Crippen LogP contribution in [0.5, 0.6) is 0 Å². The van der Waals surface area contributed by atoms with Gasteiger partial charge >= 0.3 is 0 Å². The minimum absolute atomic E-state index is 0.0334. The van der Waals surface area contributed by atoms with Crippen LogP contribution in [0.2, 0.25) is 0 Å². The van der Waals surface area contributed by atoms with Crippen molar-refractivity contribution in [3.63, 3.8) is 0 Å². The molecule has 1 aliphatic rings. The highest BCUT2D eigenvalue weighted by Crippen LogP contribution is 2.18. The molecule has 0 aliphatic carbocycles. The van der Waals surface area contributed by atoms with Crippen molar-refractivity contribution >= 4 is 31.7 Å². The summed E-state index contributed by atoms with van der Waals surface area (Å²) in [4.78, 5) is 15.5. The number of carbonyl (C=O) groups is 1. The molecule has 7 heteroatoms. The number of nitrogens with zero attached hydrogens (tertiary/aromatic N) is 2. The van der Waals surface area contributed by atoms with Crippen LogP contribution in [-0.4, -0.2) is 74.2 Å². The molecule has 0 bridgehead atoms. The van der Waals surface area contributed by atoms with Crippen LogP contribution >= 0.6 is 15.9 Å². The molecule has 100 valence electrons. The minimum Gasteiger partial charge on any atom is -0.337 e. The highest BCUT2D eigenvalue weighted by molar-refractivity contribution is 9.09. The van der Waals surface area contributed by atoms with Gasteiger partial charge in [0.05, 0.1) is 16.8 Å². The summed E-state index contributed by atoms with van der Waals surface area (Å²) in [6, 6.07) is -0.148. The Bertz CT molecular complexity index is 370. The van der Waals surface area contributed by atoms with Gasteiger partial charge < -0.3 is 9.80 Å². The van der Waals surface area contributed by atoms with Crippen LogP contribution in [0.1, 0.15) is 6.42 Å². The zero-order valence-electron chi connectivity index (χ0n) is 10.2. The maximum Gasteiger partial charge on any atom is 0.233 e. The number of hydrogen-bond donors (Lipinski definition) is 0. The van der Waals surface area contributed by atoms with E-state index >= 15 is 0 Å². The third-order valence-electron chi connectivity index (χ3n) is 2.87. The number of likely N-dealkylation sites (N-methyl/N-ethyl adjacent to an activating group) is 1. The summed E-state index contributed by atoms with van der Waals surface area (Å²) >= 11 is 3.14. The molecule has 0 aromatic rings. The van der Waals surface area contributed by atoms with Gasteiger partial charge in [-0.1, -0.05) is 15.9 Å². The SMILES string of the molecule is CN(C)CCN(C(=O)CBr)C1CCS(=O)(=O)C1. The smallest absolute Gasteiger partial charge is 0.233 e. The van der Waals surface area contributed by atoms with E-state index in [2.05, 4.69) is 15.9 Å². The van der Waals surface area contributed by atoms with Gasteiger partial charge in [0.2, 0.25) is 5.91 Å². The van der Waals surface area contributed by atoms with Crippen LogP contribution in [0, 0.1) is 0 Å². The molecule has 1 unspecified atom stereocenters. The molecule has 0 aromatic heterocycles. The lowest BCUT2D eigenvalue weighted by atomic mass is 10.2. The lowest BCUT2D eigenvalue weighted by molar-refractivity contribution is -0.130. The lowest BCUT2D eigenvalue weighted by Gasteiger charge is -2.28. The summed E-state index contributed by atoms with van der Waals surface area (Å²) in [5, 5.41) is 0.247. The van der Waals surface area contributed by atoms with Gasteiger partial charge in [-0.25, -0.2) is 8.42 Å². The molecular formula is C10H19BrN2O3S. The Morgan fingerprint density at radius 1 is 1.35 bits per heavy atom.